The number of aliphatic hydroxyl groups is 2. The van der Waals surface area contributed by atoms with Crippen LogP contribution < -0.4 is 5.32 Å². The predicted molar refractivity (Wildman–Crippen MR) is 85.6 cm³/mol. The molecular formula is C16H13FN2O3S. The highest BCUT2D eigenvalue weighted by molar-refractivity contribution is 7.18. The third-order valence-corrected chi connectivity index (χ3v) is 4.35. The third kappa shape index (κ3) is 3.37. The van der Waals surface area contributed by atoms with E-state index >= 15 is 0 Å². The summed E-state index contributed by atoms with van der Waals surface area (Å²) >= 11 is 1.21. The van der Waals surface area contributed by atoms with E-state index in [0.717, 1.165) is 4.70 Å². The Balaban J connectivity index is 1.74. The second kappa shape index (κ2) is 6.41. The molecule has 5 nitrogen and oxygen atoms in total. The number of thiazole rings is 1. The van der Waals surface area contributed by atoms with E-state index in [1.807, 2.05) is 18.2 Å². The highest BCUT2D eigenvalue weighted by Gasteiger charge is 2.28. The van der Waals surface area contributed by atoms with Gasteiger partial charge in [0.15, 0.2) is 6.10 Å². The zero-order valence-electron chi connectivity index (χ0n) is 11.8. The molecule has 3 aromatic rings. The molecule has 1 amide bonds. The Kier molecular flexibility index (Phi) is 4.33. The number of hydrogen-bond donors (Lipinski definition) is 3. The molecule has 2 unspecified atom stereocenters. The van der Waals surface area contributed by atoms with Crippen molar-refractivity contribution in [2.75, 3.05) is 5.32 Å². The van der Waals surface area contributed by atoms with Crippen LogP contribution in [0.1, 0.15) is 11.1 Å². The summed E-state index contributed by atoms with van der Waals surface area (Å²) in [7, 11) is 0. The minimum atomic E-state index is -1.68. The number of hydrogen-bond acceptors (Lipinski definition) is 5. The Morgan fingerprint density at radius 1 is 1.13 bits per heavy atom. The molecule has 0 aliphatic rings. The van der Waals surface area contributed by atoms with E-state index in [1.54, 1.807) is 6.07 Å². The number of carbonyl (C=O) groups is 1. The van der Waals surface area contributed by atoms with E-state index in [-0.39, 0.29) is 5.01 Å². The quantitative estimate of drug-likeness (QED) is 0.685. The molecule has 3 rings (SSSR count). The molecule has 0 aliphatic heterocycles. The molecule has 0 fully saturated rings. The van der Waals surface area contributed by atoms with Gasteiger partial charge in [-0.2, -0.15) is 0 Å². The highest BCUT2D eigenvalue weighted by Crippen LogP contribution is 2.28. The molecule has 23 heavy (non-hydrogen) atoms. The van der Waals surface area contributed by atoms with Gasteiger partial charge in [0.05, 0.1) is 10.2 Å². The van der Waals surface area contributed by atoms with Gasteiger partial charge in [-0.1, -0.05) is 12.1 Å². The van der Waals surface area contributed by atoms with E-state index < -0.39 is 23.9 Å². The topological polar surface area (TPSA) is 82.5 Å². The van der Waals surface area contributed by atoms with Crippen LogP contribution >= 0.6 is 11.3 Å². The standard InChI is InChI=1S/C16H13FN2O3S/c17-9-5-7-10(8-6-9)18-15(22)13(20)14(21)16-19-11-3-1-2-4-12(11)23-16/h1-8,13-14,20-21H,(H,18,22). The first-order valence-electron chi connectivity index (χ1n) is 6.82. The van der Waals surface area contributed by atoms with Crippen molar-refractivity contribution in [1.82, 2.24) is 4.98 Å². The Morgan fingerprint density at radius 2 is 1.83 bits per heavy atom. The number of aromatic nitrogens is 1. The van der Waals surface area contributed by atoms with Crippen molar-refractivity contribution in [3.63, 3.8) is 0 Å². The van der Waals surface area contributed by atoms with Crippen molar-refractivity contribution in [3.8, 4) is 0 Å². The third-order valence-electron chi connectivity index (χ3n) is 3.24. The Morgan fingerprint density at radius 3 is 2.52 bits per heavy atom. The van der Waals surface area contributed by atoms with Crippen LogP contribution in [0.15, 0.2) is 48.5 Å². The number of benzene rings is 2. The number of anilines is 1. The molecule has 0 bridgehead atoms. The van der Waals surface area contributed by atoms with E-state index in [1.165, 1.54) is 35.6 Å². The number of carbonyl (C=O) groups excluding carboxylic acids is 1. The molecule has 0 aliphatic carbocycles. The van der Waals surface area contributed by atoms with Crippen molar-refractivity contribution in [2.24, 2.45) is 0 Å². The zero-order chi connectivity index (χ0) is 16.4. The summed E-state index contributed by atoms with van der Waals surface area (Å²) in [6, 6.07) is 12.4. The van der Waals surface area contributed by atoms with E-state index in [9.17, 15) is 19.4 Å². The van der Waals surface area contributed by atoms with Crippen molar-refractivity contribution in [2.45, 2.75) is 12.2 Å². The summed E-state index contributed by atoms with van der Waals surface area (Å²) in [5.74, 6) is -1.22. The van der Waals surface area contributed by atoms with Gasteiger partial charge in [0.1, 0.15) is 16.9 Å². The zero-order valence-corrected chi connectivity index (χ0v) is 12.6. The minimum Gasteiger partial charge on any atom is -0.383 e. The monoisotopic (exact) mass is 332 g/mol. The van der Waals surface area contributed by atoms with Crippen molar-refractivity contribution < 1.29 is 19.4 Å². The first kappa shape index (κ1) is 15.5. The van der Waals surface area contributed by atoms with E-state index in [2.05, 4.69) is 10.3 Å². The minimum absolute atomic E-state index is 0.257. The van der Waals surface area contributed by atoms with Crippen molar-refractivity contribution in [3.05, 3.63) is 59.4 Å². The number of aliphatic hydroxyl groups excluding tert-OH is 2. The van der Waals surface area contributed by atoms with Crippen LogP contribution in [0.4, 0.5) is 10.1 Å². The normalized spacial score (nSPS) is 13.7. The molecule has 0 saturated heterocycles. The maximum Gasteiger partial charge on any atom is 0.256 e. The number of halogens is 1. The summed E-state index contributed by atoms with van der Waals surface area (Å²) < 4.78 is 13.7. The number of para-hydroxylation sites is 1. The number of nitrogens with one attached hydrogen (secondary N) is 1. The molecular weight excluding hydrogens is 319 g/mol. The second-order valence-corrected chi connectivity index (χ2v) is 5.97. The van der Waals surface area contributed by atoms with Gasteiger partial charge in [-0.15, -0.1) is 11.3 Å². The summed E-state index contributed by atoms with van der Waals surface area (Å²) in [5.41, 5.74) is 1.02. The van der Waals surface area contributed by atoms with Crippen molar-refractivity contribution in [1.29, 1.82) is 0 Å². The SMILES string of the molecule is O=C(Nc1ccc(F)cc1)C(O)C(O)c1nc2ccccc2s1. The molecule has 2 aromatic carbocycles. The van der Waals surface area contributed by atoms with Gasteiger partial charge in [-0.3, -0.25) is 4.79 Å². The average Bonchev–Trinajstić information content (AvgIpc) is 2.99. The fraction of sp³-hybridized carbons (Fsp3) is 0.125. The molecule has 1 heterocycles. The number of amides is 1. The molecule has 0 saturated carbocycles. The predicted octanol–water partition coefficient (Wildman–Crippen LogP) is 2.47. The Bertz CT molecular complexity index is 802. The maximum atomic E-state index is 12.8. The van der Waals surface area contributed by atoms with Crippen LogP contribution in [-0.2, 0) is 4.79 Å². The van der Waals surface area contributed by atoms with Gasteiger partial charge in [-0.05, 0) is 36.4 Å². The summed E-state index contributed by atoms with van der Waals surface area (Å²) in [4.78, 5) is 16.2. The van der Waals surface area contributed by atoms with Crippen molar-refractivity contribution >= 4 is 33.1 Å². The van der Waals surface area contributed by atoms with Crippen LogP contribution in [0.25, 0.3) is 10.2 Å². The fourth-order valence-corrected chi connectivity index (χ4v) is 3.03. The number of fused-ring (bicyclic) bond motifs is 1. The molecule has 0 spiro atoms. The van der Waals surface area contributed by atoms with Gasteiger partial charge in [0.25, 0.3) is 5.91 Å². The van der Waals surface area contributed by atoms with Gasteiger partial charge in [0.2, 0.25) is 0 Å². The summed E-state index contributed by atoms with van der Waals surface area (Å²) in [6.07, 6.45) is -3.12. The lowest BCUT2D eigenvalue weighted by molar-refractivity contribution is -0.129. The molecule has 3 N–H and O–H groups in total. The average molecular weight is 332 g/mol. The van der Waals surface area contributed by atoms with Gasteiger partial charge in [0, 0.05) is 5.69 Å². The van der Waals surface area contributed by atoms with E-state index in [4.69, 9.17) is 0 Å². The number of rotatable bonds is 4. The Labute approximate surface area is 135 Å². The first-order chi connectivity index (χ1) is 11.0. The van der Waals surface area contributed by atoms with Crippen LogP contribution in [0.5, 0.6) is 0 Å². The van der Waals surface area contributed by atoms with Crippen LogP contribution in [0.3, 0.4) is 0 Å². The highest BCUT2D eigenvalue weighted by atomic mass is 32.1. The van der Waals surface area contributed by atoms with Gasteiger partial charge < -0.3 is 15.5 Å². The molecule has 2 atom stereocenters. The molecule has 118 valence electrons. The summed E-state index contributed by atoms with van der Waals surface area (Å²) in [5, 5.41) is 22.8. The molecule has 0 radical (unpaired) electrons. The Hall–Kier alpha value is -2.35. The number of nitrogens with zero attached hydrogens (tertiary/aromatic N) is 1. The lowest BCUT2D eigenvalue weighted by Gasteiger charge is -2.15. The summed E-state index contributed by atoms with van der Waals surface area (Å²) in [6.45, 7) is 0. The maximum absolute atomic E-state index is 12.8. The lowest BCUT2D eigenvalue weighted by atomic mass is 10.2. The van der Waals surface area contributed by atoms with Gasteiger partial charge in [-0.25, -0.2) is 9.37 Å². The largest absolute Gasteiger partial charge is 0.383 e. The first-order valence-corrected chi connectivity index (χ1v) is 7.64. The van der Waals surface area contributed by atoms with Crippen LogP contribution in [0.2, 0.25) is 0 Å². The lowest BCUT2D eigenvalue weighted by Crippen LogP contribution is -2.33. The molecule has 1 aromatic heterocycles. The smallest absolute Gasteiger partial charge is 0.256 e. The molecule has 7 heteroatoms. The fourth-order valence-electron chi connectivity index (χ4n) is 2.04. The van der Waals surface area contributed by atoms with Gasteiger partial charge >= 0.3 is 0 Å². The van der Waals surface area contributed by atoms with E-state index in [0.29, 0.717) is 11.2 Å². The second-order valence-electron chi connectivity index (χ2n) is 4.91. The van der Waals surface area contributed by atoms with Crippen LogP contribution in [0, 0.1) is 5.82 Å². The van der Waals surface area contributed by atoms with Crippen LogP contribution in [-0.4, -0.2) is 27.2 Å².